The van der Waals surface area contributed by atoms with Crippen LogP contribution in [0.4, 0.5) is 17.1 Å². The Morgan fingerprint density at radius 3 is 2.56 bits per heavy atom. The first-order valence-electron chi connectivity index (χ1n) is 5.25. The molecule has 2 aromatic rings. The second-order valence-corrected chi connectivity index (χ2v) is 5.51. The summed E-state index contributed by atoms with van der Waals surface area (Å²) in [6.07, 6.45) is 0. The normalized spacial score (nSPS) is 10.2. The Bertz CT molecular complexity index is 573. The van der Waals surface area contributed by atoms with Gasteiger partial charge in [-0.2, -0.15) is 0 Å². The highest BCUT2D eigenvalue weighted by atomic mass is 79.9. The lowest BCUT2D eigenvalue weighted by atomic mass is 10.2. The fourth-order valence-corrected chi connectivity index (χ4v) is 2.51. The molecule has 0 aromatic heterocycles. The molecule has 94 valence electrons. The van der Waals surface area contributed by atoms with Gasteiger partial charge in [-0.05, 0) is 46.3 Å². The molecule has 0 bridgehead atoms. The van der Waals surface area contributed by atoms with Crippen molar-refractivity contribution in [1.82, 2.24) is 0 Å². The minimum absolute atomic E-state index is 0.722. The van der Waals surface area contributed by atoms with Crippen LogP contribution in [-0.2, 0) is 0 Å². The van der Waals surface area contributed by atoms with E-state index in [1.165, 1.54) is 0 Å². The number of hydrogen-bond donors (Lipinski definition) is 2. The van der Waals surface area contributed by atoms with E-state index in [2.05, 4.69) is 37.2 Å². The van der Waals surface area contributed by atoms with Crippen molar-refractivity contribution in [2.45, 2.75) is 0 Å². The zero-order valence-electron chi connectivity index (χ0n) is 9.71. The average molecular weight is 372 g/mol. The summed E-state index contributed by atoms with van der Waals surface area (Å²) in [6.45, 7) is 0. The van der Waals surface area contributed by atoms with Crippen LogP contribution in [0, 0.1) is 0 Å². The summed E-state index contributed by atoms with van der Waals surface area (Å²) in [6, 6.07) is 11.4. The second kappa shape index (κ2) is 5.63. The van der Waals surface area contributed by atoms with Crippen molar-refractivity contribution in [3.63, 3.8) is 0 Å². The van der Waals surface area contributed by atoms with Gasteiger partial charge in [-0.3, -0.25) is 0 Å². The van der Waals surface area contributed by atoms with Gasteiger partial charge in [0.05, 0.1) is 12.8 Å². The summed E-state index contributed by atoms with van der Waals surface area (Å²) < 4.78 is 7.09. The summed E-state index contributed by atoms with van der Waals surface area (Å²) in [7, 11) is 1.64. The molecule has 0 saturated carbocycles. The van der Waals surface area contributed by atoms with Gasteiger partial charge in [-0.15, -0.1) is 0 Å². The van der Waals surface area contributed by atoms with E-state index in [9.17, 15) is 0 Å². The quantitative estimate of drug-likeness (QED) is 0.778. The topological polar surface area (TPSA) is 47.3 Å². The molecule has 0 aliphatic carbocycles. The molecule has 0 saturated heterocycles. The molecule has 0 unspecified atom stereocenters. The van der Waals surface area contributed by atoms with E-state index in [1.54, 1.807) is 7.11 Å². The van der Waals surface area contributed by atoms with E-state index >= 15 is 0 Å². The fraction of sp³-hybridized carbons (Fsp3) is 0.0769. The molecule has 3 nitrogen and oxygen atoms in total. The monoisotopic (exact) mass is 370 g/mol. The lowest BCUT2D eigenvalue weighted by molar-refractivity contribution is 0.415. The highest BCUT2D eigenvalue weighted by molar-refractivity contribution is 9.10. The summed E-state index contributed by atoms with van der Waals surface area (Å²) in [4.78, 5) is 0. The van der Waals surface area contributed by atoms with Crippen LogP contribution in [0.2, 0.25) is 0 Å². The lowest BCUT2D eigenvalue weighted by Crippen LogP contribution is -1.94. The van der Waals surface area contributed by atoms with Crippen molar-refractivity contribution in [2.24, 2.45) is 0 Å². The first-order valence-corrected chi connectivity index (χ1v) is 6.84. The van der Waals surface area contributed by atoms with Crippen LogP contribution in [0.1, 0.15) is 0 Å². The Labute approximate surface area is 123 Å². The fourth-order valence-electron chi connectivity index (χ4n) is 1.54. The van der Waals surface area contributed by atoms with Gasteiger partial charge in [0.2, 0.25) is 0 Å². The Kier molecular flexibility index (Phi) is 4.14. The predicted octanol–water partition coefficient (Wildman–Crippen LogP) is 4.55. The zero-order valence-corrected chi connectivity index (χ0v) is 12.9. The van der Waals surface area contributed by atoms with Crippen molar-refractivity contribution >= 4 is 48.9 Å². The van der Waals surface area contributed by atoms with Gasteiger partial charge in [0, 0.05) is 26.4 Å². The van der Waals surface area contributed by atoms with Crippen molar-refractivity contribution in [2.75, 3.05) is 18.2 Å². The number of methoxy groups -OCH3 is 1. The molecule has 0 radical (unpaired) electrons. The Balaban J connectivity index is 2.30. The number of halogens is 2. The maximum absolute atomic E-state index is 5.71. The summed E-state index contributed by atoms with van der Waals surface area (Å²) in [5.41, 5.74) is 8.31. The molecule has 0 spiro atoms. The third-order valence-corrected chi connectivity index (χ3v) is 3.49. The standard InChI is InChI=1S/C13H12Br2N2O/c1-18-11-5-8(14)4-10(7-11)17-13-3-2-9(16)6-12(13)15/h2-7,17H,16H2,1H3. The van der Waals surface area contributed by atoms with Crippen molar-refractivity contribution in [1.29, 1.82) is 0 Å². The van der Waals surface area contributed by atoms with E-state index in [0.717, 1.165) is 31.8 Å². The molecule has 0 fully saturated rings. The molecule has 0 amide bonds. The van der Waals surface area contributed by atoms with Gasteiger partial charge in [-0.1, -0.05) is 15.9 Å². The smallest absolute Gasteiger partial charge is 0.122 e. The first-order chi connectivity index (χ1) is 8.58. The second-order valence-electron chi connectivity index (χ2n) is 3.74. The zero-order chi connectivity index (χ0) is 13.1. The van der Waals surface area contributed by atoms with E-state index in [4.69, 9.17) is 10.5 Å². The van der Waals surface area contributed by atoms with Gasteiger partial charge in [0.1, 0.15) is 5.75 Å². The number of nitrogens with two attached hydrogens (primary N) is 1. The Morgan fingerprint density at radius 1 is 1.11 bits per heavy atom. The van der Waals surface area contributed by atoms with Gasteiger partial charge in [0.25, 0.3) is 0 Å². The van der Waals surface area contributed by atoms with E-state index < -0.39 is 0 Å². The molecule has 0 aliphatic rings. The third kappa shape index (κ3) is 3.17. The third-order valence-electron chi connectivity index (χ3n) is 2.38. The number of ether oxygens (including phenoxy) is 1. The molecule has 0 atom stereocenters. The molecule has 18 heavy (non-hydrogen) atoms. The highest BCUT2D eigenvalue weighted by Crippen LogP contribution is 2.31. The minimum atomic E-state index is 0.722. The first kappa shape index (κ1) is 13.2. The molecule has 2 rings (SSSR count). The number of nitrogens with one attached hydrogen (secondary N) is 1. The summed E-state index contributed by atoms with van der Waals surface area (Å²) in [5, 5.41) is 3.30. The van der Waals surface area contributed by atoms with Crippen LogP contribution >= 0.6 is 31.9 Å². The van der Waals surface area contributed by atoms with Crippen LogP contribution in [0.5, 0.6) is 5.75 Å². The van der Waals surface area contributed by atoms with Crippen LogP contribution in [0.3, 0.4) is 0 Å². The van der Waals surface area contributed by atoms with E-state index in [1.807, 2.05) is 36.4 Å². The molecular formula is C13H12Br2N2O. The van der Waals surface area contributed by atoms with Crippen molar-refractivity contribution in [3.05, 3.63) is 45.3 Å². The molecule has 0 aliphatic heterocycles. The van der Waals surface area contributed by atoms with Gasteiger partial charge in [0.15, 0.2) is 0 Å². The van der Waals surface area contributed by atoms with Gasteiger partial charge in [-0.25, -0.2) is 0 Å². The minimum Gasteiger partial charge on any atom is -0.497 e. The number of benzene rings is 2. The summed E-state index contributed by atoms with van der Waals surface area (Å²) in [5.74, 6) is 0.790. The van der Waals surface area contributed by atoms with Crippen LogP contribution in [-0.4, -0.2) is 7.11 Å². The Hall–Kier alpha value is -1.20. The largest absolute Gasteiger partial charge is 0.497 e. The number of rotatable bonds is 3. The van der Waals surface area contributed by atoms with Crippen LogP contribution < -0.4 is 15.8 Å². The van der Waals surface area contributed by atoms with E-state index in [0.29, 0.717) is 0 Å². The molecule has 0 heterocycles. The number of nitrogen functional groups attached to an aromatic ring is 1. The molecule has 5 heteroatoms. The van der Waals surface area contributed by atoms with Crippen molar-refractivity contribution < 1.29 is 4.74 Å². The maximum Gasteiger partial charge on any atom is 0.122 e. The van der Waals surface area contributed by atoms with E-state index in [-0.39, 0.29) is 0 Å². The predicted molar refractivity (Wildman–Crippen MR) is 82.5 cm³/mol. The lowest BCUT2D eigenvalue weighted by Gasteiger charge is -2.11. The van der Waals surface area contributed by atoms with Crippen molar-refractivity contribution in [3.8, 4) is 5.75 Å². The van der Waals surface area contributed by atoms with Crippen LogP contribution in [0.25, 0.3) is 0 Å². The SMILES string of the molecule is COc1cc(Br)cc(Nc2ccc(N)cc2Br)c1. The number of hydrogen-bond acceptors (Lipinski definition) is 3. The van der Waals surface area contributed by atoms with Gasteiger partial charge >= 0.3 is 0 Å². The summed E-state index contributed by atoms with van der Waals surface area (Å²) >= 11 is 6.92. The highest BCUT2D eigenvalue weighted by Gasteiger charge is 2.03. The molecular weight excluding hydrogens is 360 g/mol. The average Bonchev–Trinajstić information content (AvgIpc) is 2.32. The van der Waals surface area contributed by atoms with Crippen LogP contribution in [0.15, 0.2) is 45.3 Å². The number of anilines is 3. The molecule has 2 aromatic carbocycles. The van der Waals surface area contributed by atoms with Gasteiger partial charge < -0.3 is 15.8 Å². The molecule has 3 N–H and O–H groups in total. The Morgan fingerprint density at radius 2 is 1.89 bits per heavy atom. The maximum atomic E-state index is 5.71.